The third-order valence-electron chi connectivity index (χ3n) is 5.87. The number of aromatic nitrogens is 3. The normalized spacial score (nSPS) is 11.8. The van der Waals surface area contributed by atoms with Gasteiger partial charge in [-0.1, -0.05) is 73.5 Å². The second-order valence-corrected chi connectivity index (χ2v) is 8.64. The van der Waals surface area contributed by atoms with E-state index in [1.54, 1.807) is 12.4 Å². The number of unbranched alkanes of at least 4 members (excludes halogenated alkanes) is 1. The van der Waals surface area contributed by atoms with Crippen LogP contribution in [0.4, 0.5) is 5.95 Å². The molecule has 0 bridgehead atoms. The van der Waals surface area contributed by atoms with E-state index in [0.29, 0.717) is 12.0 Å². The lowest BCUT2D eigenvalue weighted by Gasteiger charge is -2.20. The van der Waals surface area contributed by atoms with Gasteiger partial charge in [-0.3, -0.25) is 4.98 Å². The van der Waals surface area contributed by atoms with Crippen LogP contribution in [0.5, 0.6) is 0 Å². The zero-order valence-electron chi connectivity index (χ0n) is 20.0. The lowest BCUT2D eigenvalue weighted by Crippen LogP contribution is -2.38. The number of pyridine rings is 1. The highest BCUT2D eigenvalue weighted by Crippen LogP contribution is 2.31. The molecule has 5 nitrogen and oxygen atoms in total. The Bertz CT molecular complexity index is 1160. The molecule has 2 heterocycles. The lowest BCUT2D eigenvalue weighted by molar-refractivity contribution is 0.514. The summed E-state index contributed by atoms with van der Waals surface area (Å²) in [6, 6.07) is 23.4. The Balaban J connectivity index is 1.57. The van der Waals surface area contributed by atoms with Gasteiger partial charge in [-0.25, -0.2) is 9.97 Å². The van der Waals surface area contributed by atoms with Gasteiger partial charge in [0.15, 0.2) is 0 Å². The number of nitrogens with one attached hydrogen (secondary N) is 2. The predicted octanol–water partition coefficient (Wildman–Crippen LogP) is 5.93. The molecule has 0 radical (unpaired) electrons. The molecule has 2 N–H and O–H groups in total. The minimum Gasteiger partial charge on any atom is -0.353 e. The van der Waals surface area contributed by atoms with Crippen LogP contribution in [-0.4, -0.2) is 34.1 Å². The zero-order chi connectivity index (χ0) is 23.6. The van der Waals surface area contributed by atoms with Gasteiger partial charge < -0.3 is 10.6 Å². The van der Waals surface area contributed by atoms with Gasteiger partial charge in [0.05, 0.1) is 5.69 Å². The van der Waals surface area contributed by atoms with Gasteiger partial charge in [0.25, 0.3) is 0 Å². The molecule has 0 aliphatic heterocycles. The van der Waals surface area contributed by atoms with Crippen LogP contribution < -0.4 is 10.6 Å². The van der Waals surface area contributed by atoms with E-state index < -0.39 is 0 Å². The summed E-state index contributed by atoms with van der Waals surface area (Å²) < 4.78 is 0. The number of benzene rings is 2. The first-order valence-corrected chi connectivity index (χ1v) is 12.1. The maximum atomic E-state index is 4.95. The first kappa shape index (κ1) is 23.6. The summed E-state index contributed by atoms with van der Waals surface area (Å²) in [4.78, 5) is 13.8. The molecule has 0 amide bonds. The van der Waals surface area contributed by atoms with E-state index >= 15 is 0 Å². The number of rotatable bonds is 11. The molecule has 0 unspecified atom stereocenters. The Labute approximate surface area is 202 Å². The molecule has 4 aromatic rings. The SMILES string of the molecule is CCCCN[C@H](CNc1ncc(-c2cccc(C)c2)c(-c2ccncc2)n1)Cc1ccccc1. The molecule has 0 spiro atoms. The molecule has 174 valence electrons. The van der Waals surface area contributed by atoms with E-state index in [4.69, 9.17) is 4.98 Å². The highest BCUT2D eigenvalue weighted by molar-refractivity contribution is 5.80. The molecule has 2 aromatic heterocycles. The van der Waals surface area contributed by atoms with Crippen LogP contribution >= 0.6 is 0 Å². The smallest absolute Gasteiger partial charge is 0.223 e. The monoisotopic (exact) mass is 451 g/mol. The van der Waals surface area contributed by atoms with Crippen molar-refractivity contribution in [1.82, 2.24) is 20.3 Å². The van der Waals surface area contributed by atoms with Crippen molar-refractivity contribution < 1.29 is 0 Å². The minimum atomic E-state index is 0.290. The van der Waals surface area contributed by atoms with E-state index in [2.05, 4.69) is 89.0 Å². The first-order valence-electron chi connectivity index (χ1n) is 12.1. The Kier molecular flexibility index (Phi) is 8.36. The van der Waals surface area contributed by atoms with Crippen molar-refractivity contribution in [3.05, 3.63) is 96.4 Å². The number of hydrogen-bond acceptors (Lipinski definition) is 5. The number of anilines is 1. The maximum Gasteiger partial charge on any atom is 0.223 e. The fourth-order valence-corrected chi connectivity index (χ4v) is 4.03. The van der Waals surface area contributed by atoms with Gasteiger partial charge in [0.1, 0.15) is 0 Å². The molecule has 2 aromatic carbocycles. The molecular formula is C29H33N5. The highest BCUT2D eigenvalue weighted by atomic mass is 15.1. The van der Waals surface area contributed by atoms with Gasteiger partial charge in [0, 0.05) is 42.3 Å². The molecule has 0 aliphatic rings. The molecule has 0 aliphatic carbocycles. The summed E-state index contributed by atoms with van der Waals surface area (Å²) in [7, 11) is 0. The third-order valence-corrected chi connectivity index (χ3v) is 5.87. The Hall–Kier alpha value is -3.57. The quantitative estimate of drug-likeness (QED) is 0.277. The summed E-state index contributed by atoms with van der Waals surface area (Å²) in [5, 5.41) is 7.19. The topological polar surface area (TPSA) is 62.7 Å². The lowest BCUT2D eigenvalue weighted by atomic mass is 10.00. The summed E-state index contributed by atoms with van der Waals surface area (Å²) >= 11 is 0. The summed E-state index contributed by atoms with van der Waals surface area (Å²) in [5.74, 6) is 0.638. The number of nitrogens with zero attached hydrogens (tertiary/aromatic N) is 3. The van der Waals surface area contributed by atoms with Gasteiger partial charge >= 0.3 is 0 Å². The van der Waals surface area contributed by atoms with E-state index in [0.717, 1.165) is 41.9 Å². The largest absolute Gasteiger partial charge is 0.353 e. The van der Waals surface area contributed by atoms with Crippen LogP contribution in [0.1, 0.15) is 30.9 Å². The van der Waals surface area contributed by atoms with E-state index in [1.807, 2.05) is 18.3 Å². The second kappa shape index (κ2) is 12.1. The standard InChI is InChI=1S/C29H33N5/c1-3-4-15-31-26(19-23-10-6-5-7-11-23)20-32-29-33-21-27(25-12-8-9-22(2)18-25)28(34-29)24-13-16-30-17-14-24/h5-14,16-18,21,26,31H,3-4,15,19-20H2,1-2H3,(H,32,33,34)/t26-/m0/s1. The maximum absolute atomic E-state index is 4.95. The van der Waals surface area contributed by atoms with Crippen molar-refractivity contribution >= 4 is 5.95 Å². The van der Waals surface area contributed by atoms with Crippen LogP contribution in [0, 0.1) is 6.92 Å². The van der Waals surface area contributed by atoms with E-state index in [1.165, 1.54) is 24.0 Å². The van der Waals surface area contributed by atoms with Crippen molar-refractivity contribution in [2.75, 3.05) is 18.4 Å². The minimum absolute atomic E-state index is 0.290. The average molecular weight is 452 g/mol. The molecule has 0 fully saturated rings. The van der Waals surface area contributed by atoms with Crippen LogP contribution in [0.3, 0.4) is 0 Å². The highest BCUT2D eigenvalue weighted by Gasteiger charge is 2.14. The van der Waals surface area contributed by atoms with Crippen molar-refractivity contribution in [2.24, 2.45) is 0 Å². The van der Waals surface area contributed by atoms with Crippen molar-refractivity contribution in [2.45, 2.75) is 39.2 Å². The second-order valence-electron chi connectivity index (χ2n) is 8.64. The molecule has 1 atom stereocenters. The van der Waals surface area contributed by atoms with Crippen LogP contribution in [0.15, 0.2) is 85.3 Å². The Morgan fingerprint density at radius 2 is 1.74 bits per heavy atom. The van der Waals surface area contributed by atoms with E-state index in [9.17, 15) is 0 Å². The van der Waals surface area contributed by atoms with Crippen molar-refractivity contribution in [3.8, 4) is 22.4 Å². The predicted molar refractivity (Wildman–Crippen MR) is 141 cm³/mol. The number of aryl methyl sites for hydroxylation is 1. The molecule has 0 saturated heterocycles. The van der Waals surface area contributed by atoms with Crippen molar-refractivity contribution in [3.63, 3.8) is 0 Å². The number of hydrogen-bond donors (Lipinski definition) is 2. The average Bonchev–Trinajstić information content (AvgIpc) is 2.88. The molecular weight excluding hydrogens is 418 g/mol. The molecule has 5 heteroatoms. The van der Waals surface area contributed by atoms with Crippen molar-refractivity contribution in [1.29, 1.82) is 0 Å². The summed E-state index contributed by atoms with van der Waals surface area (Å²) in [5.41, 5.74) is 6.60. The molecule has 4 rings (SSSR count). The fraction of sp³-hybridized carbons (Fsp3) is 0.276. The van der Waals surface area contributed by atoms with Crippen LogP contribution in [-0.2, 0) is 6.42 Å². The fourth-order valence-electron chi connectivity index (χ4n) is 4.03. The van der Waals surface area contributed by atoms with Gasteiger partial charge in [-0.15, -0.1) is 0 Å². The first-order chi connectivity index (χ1) is 16.7. The van der Waals surface area contributed by atoms with Crippen LogP contribution in [0.25, 0.3) is 22.4 Å². The van der Waals surface area contributed by atoms with Crippen LogP contribution in [0.2, 0.25) is 0 Å². The zero-order valence-corrected chi connectivity index (χ0v) is 20.0. The Morgan fingerprint density at radius 3 is 2.50 bits per heavy atom. The Morgan fingerprint density at radius 1 is 0.912 bits per heavy atom. The summed E-state index contributed by atoms with van der Waals surface area (Å²) in [6.45, 7) is 6.07. The molecule has 0 saturated carbocycles. The summed E-state index contributed by atoms with van der Waals surface area (Å²) in [6.07, 6.45) is 8.83. The van der Waals surface area contributed by atoms with E-state index in [-0.39, 0.29) is 0 Å². The van der Waals surface area contributed by atoms with Gasteiger partial charge in [0.2, 0.25) is 5.95 Å². The third kappa shape index (κ3) is 6.49. The molecule has 34 heavy (non-hydrogen) atoms. The van der Waals surface area contributed by atoms with Gasteiger partial charge in [-0.2, -0.15) is 0 Å². The van der Waals surface area contributed by atoms with Gasteiger partial charge in [-0.05, 0) is 49.6 Å².